The summed E-state index contributed by atoms with van der Waals surface area (Å²) in [6.45, 7) is 7.66. The number of rotatable bonds is 8. The van der Waals surface area contributed by atoms with Gasteiger partial charge in [-0.25, -0.2) is 4.98 Å². The van der Waals surface area contributed by atoms with E-state index in [4.69, 9.17) is 11.6 Å². The highest BCUT2D eigenvalue weighted by Crippen LogP contribution is 2.26. The molecule has 0 saturated carbocycles. The summed E-state index contributed by atoms with van der Waals surface area (Å²) in [6, 6.07) is 15.3. The van der Waals surface area contributed by atoms with Gasteiger partial charge in [0.25, 0.3) is 0 Å². The minimum absolute atomic E-state index is 0.0738. The van der Waals surface area contributed by atoms with E-state index in [0.717, 1.165) is 16.8 Å². The van der Waals surface area contributed by atoms with Gasteiger partial charge < -0.3 is 4.90 Å². The smallest absolute Gasteiger partial charge is 0.246 e. The molecule has 0 saturated heterocycles. The molecule has 0 bridgehead atoms. The first-order valence-electron chi connectivity index (χ1n) is 10.0. The lowest BCUT2D eigenvalue weighted by molar-refractivity contribution is -0.133. The predicted octanol–water partition coefficient (Wildman–Crippen LogP) is 4.86. The van der Waals surface area contributed by atoms with Crippen molar-refractivity contribution in [3.63, 3.8) is 0 Å². The Balaban J connectivity index is 1.93. The Morgan fingerprint density at radius 1 is 1.23 bits per heavy atom. The van der Waals surface area contributed by atoms with Crippen LogP contribution < -0.4 is 5.32 Å². The number of anilines is 1. The average molecular weight is 437 g/mol. The van der Waals surface area contributed by atoms with Crippen molar-refractivity contribution < 1.29 is 9.59 Å². The van der Waals surface area contributed by atoms with E-state index in [-0.39, 0.29) is 18.4 Å². The molecule has 0 unspecified atom stereocenters. The van der Waals surface area contributed by atoms with Crippen molar-refractivity contribution >= 4 is 29.4 Å². The molecular weight excluding hydrogens is 412 g/mol. The minimum Gasteiger partial charge on any atom is -0.330 e. The van der Waals surface area contributed by atoms with E-state index in [1.807, 2.05) is 54.1 Å². The molecule has 0 aliphatic carbocycles. The quantitative estimate of drug-likeness (QED) is 0.512. The van der Waals surface area contributed by atoms with Crippen LogP contribution in [0.15, 0.2) is 67.4 Å². The fourth-order valence-corrected chi connectivity index (χ4v) is 3.30. The van der Waals surface area contributed by atoms with Gasteiger partial charge in [0.15, 0.2) is 0 Å². The van der Waals surface area contributed by atoms with Crippen LogP contribution in [-0.2, 0) is 9.59 Å². The number of carbonyl (C=O) groups is 2. The van der Waals surface area contributed by atoms with Gasteiger partial charge in [-0.15, -0.1) is 6.58 Å². The Morgan fingerprint density at radius 2 is 1.97 bits per heavy atom. The van der Waals surface area contributed by atoms with Crippen LogP contribution in [0.2, 0.25) is 5.02 Å². The molecule has 0 aliphatic rings. The van der Waals surface area contributed by atoms with Crippen LogP contribution in [0.1, 0.15) is 18.9 Å². The number of hydrogen-bond donors (Lipinski definition) is 1. The van der Waals surface area contributed by atoms with Gasteiger partial charge in [-0.3, -0.25) is 19.5 Å². The summed E-state index contributed by atoms with van der Waals surface area (Å²) in [7, 11) is 0. The number of aromatic nitrogens is 2. The SMILES string of the molecule is C=CCN(CC(=O)Nc1nc(-c2ccc(Cl)cc2)cn1-c1cccc(C)c1)C(=O)CC. The van der Waals surface area contributed by atoms with Gasteiger partial charge in [-0.1, -0.05) is 48.9 Å². The van der Waals surface area contributed by atoms with Gasteiger partial charge in [0, 0.05) is 35.4 Å². The Kier molecular flexibility index (Phi) is 7.26. The van der Waals surface area contributed by atoms with Gasteiger partial charge >= 0.3 is 0 Å². The first kappa shape index (κ1) is 22.3. The Morgan fingerprint density at radius 3 is 2.61 bits per heavy atom. The number of amides is 2. The van der Waals surface area contributed by atoms with Crippen LogP contribution >= 0.6 is 11.6 Å². The fourth-order valence-electron chi connectivity index (χ4n) is 3.17. The lowest BCUT2D eigenvalue weighted by atomic mass is 10.2. The summed E-state index contributed by atoms with van der Waals surface area (Å²) >= 11 is 6.01. The number of hydrogen-bond acceptors (Lipinski definition) is 3. The summed E-state index contributed by atoms with van der Waals surface area (Å²) in [5, 5.41) is 3.49. The zero-order valence-electron chi connectivity index (χ0n) is 17.6. The summed E-state index contributed by atoms with van der Waals surface area (Å²) < 4.78 is 1.83. The molecule has 3 aromatic rings. The van der Waals surface area contributed by atoms with Crippen molar-refractivity contribution in [2.45, 2.75) is 20.3 Å². The molecule has 0 atom stereocenters. The number of carbonyl (C=O) groups excluding carboxylic acids is 2. The Labute approximate surface area is 187 Å². The molecule has 0 aliphatic heterocycles. The molecule has 0 radical (unpaired) electrons. The third-order valence-corrected chi connectivity index (χ3v) is 4.97. The van der Waals surface area contributed by atoms with Gasteiger partial charge in [0.1, 0.15) is 6.54 Å². The van der Waals surface area contributed by atoms with Crippen LogP contribution in [0, 0.1) is 6.92 Å². The lowest BCUT2D eigenvalue weighted by Gasteiger charge is -2.20. The van der Waals surface area contributed by atoms with Crippen LogP contribution in [0.3, 0.4) is 0 Å². The first-order valence-corrected chi connectivity index (χ1v) is 10.4. The van der Waals surface area contributed by atoms with E-state index >= 15 is 0 Å². The minimum atomic E-state index is -0.328. The third kappa shape index (κ3) is 5.61. The number of nitrogens with zero attached hydrogens (tertiary/aromatic N) is 3. The number of benzene rings is 2. The molecule has 1 heterocycles. The summed E-state index contributed by atoms with van der Waals surface area (Å²) in [4.78, 5) is 30.9. The molecule has 7 heteroatoms. The highest BCUT2D eigenvalue weighted by Gasteiger charge is 2.18. The van der Waals surface area contributed by atoms with E-state index < -0.39 is 0 Å². The molecule has 1 aromatic heterocycles. The zero-order valence-corrected chi connectivity index (χ0v) is 18.4. The van der Waals surface area contributed by atoms with Crippen LogP contribution in [0.4, 0.5) is 5.95 Å². The van der Waals surface area contributed by atoms with Gasteiger partial charge in [0.2, 0.25) is 17.8 Å². The van der Waals surface area contributed by atoms with Gasteiger partial charge in [0.05, 0.1) is 5.69 Å². The molecule has 0 fully saturated rings. The maximum Gasteiger partial charge on any atom is 0.246 e. The normalized spacial score (nSPS) is 10.5. The molecule has 160 valence electrons. The van der Waals surface area contributed by atoms with E-state index in [1.165, 1.54) is 4.90 Å². The Hall–Kier alpha value is -3.38. The number of nitrogens with one attached hydrogen (secondary N) is 1. The Bertz CT molecular complexity index is 1090. The maximum absolute atomic E-state index is 12.7. The maximum atomic E-state index is 12.7. The van der Waals surface area contributed by atoms with E-state index in [1.54, 1.807) is 25.1 Å². The largest absolute Gasteiger partial charge is 0.330 e. The van der Waals surface area contributed by atoms with Gasteiger partial charge in [-0.05, 0) is 36.8 Å². The number of aryl methyl sites for hydroxylation is 1. The number of halogens is 1. The van der Waals surface area contributed by atoms with E-state index in [9.17, 15) is 9.59 Å². The highest BCUT2D eigenvalue weighted by molar-refractivity contribution is 6.30. The van der Waals surface area contributed by atoms with Crippen LogP contribution in [0.25, 0.3) is 16.9 Å². The van der Waals surface area contributed by atoms with Crippen molar-refractivity contribution in [1.29, 1.82) is 0 Å². The van der Waals surface area contributed by atoms with E-state index in [0.29, 0.717) is 29.6 Å². The molecule has 0 spiro atoms. The molecule has 6 nitrogen and oxygen atoms in total. The second-order valence-electron chi connectivity index (χ2n) is 7.13. The molecule has 1 N–H and O–H groups in total. The molecule has 31 heavy (non-hydrogen) atoms. The van der Waals surface area contributed by atoms with Gasteiger partial charge in [-0.2, -0.15) is 0 Å². The second-order valence-corrected chi connectivity index (χ2v) is 7.57. The summed E-state index contributed by atoms with van der Waals surface area (Å²) in [5.41, 5.74) is 3.53. The molecule has 2 aromatic carbocycles. The predicted molar refractivity (Wildman–Crippen MR) is 124 cm³/mol. The number of imidazole rings is 1. The molecule has 3 rings (SSSR count). The third-order valence-electron chi connectivity index (χ3n) is 4.72. The zero-order chi connectivity index (χ0) is 22.4. The van der Waals surface area contributed by atoms with Crippen molar-refractivity contribution in [3.8, 4) is 16.9 Å². The summed E-state index contributed by atoms with van der Waals surface area (Å²) in [6.07, 6.45) is 3.79. The standard InChI is InChI=1S/C24H25ClN4O2/c1-4-13-28(23(31)5-2)16-22(30)27-24-26-21(18-9-11-19(25)12-10-18)15-29(24)20-8-6-7-17(3)14-20/h4,6-12,14-15H,1,5,13,16H2,2-3H3,(H,26,27,30). The first-order chi connectivity index (χ1) is 14.9. The summed E-state index contributed by atoms with van der Waals surface area (Å²) in [5.74, 6) is -0.0622. The van der Waals surface area contributed by atoms with Crippen LogP contribution in [0.5, 0.6) is 0 Å². The second kappa shape index (κ2) is 10.1. The average Bonchev–Trinajstić information content (AvgIpc) is 3.17. The fraction of sp³-hybridized carbons (Fsp3) is 0.208. The lowest BCUT2D eigenvalue weighted by Crippen LogP contribution is -2.38. The van der Waals surface area contributed by atoms with E-state index in [2.05, 4.69) is 16.9 Å². The van der Waals surface area contributed by atoms with Crippen molar-refractivity contribution in [1.82, 2.24) is 14.5 Å². The monoisotopic (exact) mass is 436 g/mol. The van der Waals surface area contributed by atoms with Crippen molar-refractivity contribution in [2.24, 2.45) is 0 Å². The van der Waals surface area contributed by atoms with Crippen molar-refractivity contribution in [2.75, 3.05) is 18.4 Å². The molecule has 2 amide bonds. The van der Waals surface area contributed by atoms with Crippen LogP contribution in [-0.4, -0.2) is 39.4 Å². The topological polar surface area (TPSA) is 67.2 Å². The van der Waals surface area contributed by atoms with Crippen molar-refractivity contribution in [3.05, 3.63) is 78.0 Å². The molecular formula is C24H25ClN4O2. The highest BCUT2D eigenvalue weighted by atomic mass is 35.5.